The first-order chi connectivity index (χ1) is 13.5. The highest BCUT2D eigenvalue weighted by Gasteiger charge is 2.45. The highest BCUT2D eigenvalue weighted by molar-refractivity contribution is 5.84. The molecule has 2 aromatic carbocycles. The predicted octanol–water partition coefficient (Wildman–Crippen LogP) is 3.14. The number of amides is 1. The number of hydrogen-bond acceptors (Lipinski definition) is 4. The summed E-state index contributed by atoms with van der Waals surface area (Å²) in [4.78, 5) is 24.4. The number of ether oxygens (including phenoxy) is 2. The molecular formula is C22H23NO5. The van der Waals surface area contributed by atoms with Gasteiger partial charge in [-0.25, -0.2) is 0 Å². The topological polar surface area (TPSA) is 84.9 Å². The number of carbonyl (C=O) groups is 2. The van der Waals surface area contributed by atoms with E-state index < -0.39 is 17.9 Å². The van der Waals surface area contributed by atoms with Gasteiger partial charge in [0.25, 0.3) is 0 Å². The number of hydrogen-bond donors (Lipinski definition) is 2. The molecule has 1 aliphatic carbocycles. The summed E-state index contributed by atoms with van der Waals surface area (Å²) < 4.78 is 11.2. The predicted molar refractivity (Wildman–Crippen MR) is 102 cm³/mol. The van der Waals surface area contributed by atoms with E-state index in [2.05, 4.69) is 5.32 Å². The molecule has 4 rings (SSSR count). The molecule has 0 saturated heterocycles. The van der Waals surface area contributed by atoms with Gasteiger partial charge in [0.2, 0.25) is 5.91 Å². The van der Waals surface area contributed by atoms with Gasteiger partial charge in [0.15, 0.2) is 11.5 Å². The third-order valence-corrected chi connectivity index (χ3v) is 5.47. The Hall–Kier alpha value is -3.02. The lowest BCUT2D eigenvalue weighted by Crippen LogP contribution is -2.36. The fourth-order valence-corrected chi connectivity index (χ4v) is 3.70. The van der Waals surface area contributed by atoms with Gasteiger partial charge >= 0.3 is 5.97 Å². The van der Waals surface area contributed by atoms with Crippen LogP contribution in [0.3, 0.4) is 0 Å². The molecule has 0 spiro atoms. The Morgan fingerprint density at radius 2 is 1.79 bits per heavy atom. The number of rotatable bonds is 6. The van der Waals surface area contributed by atoms with Gasteiger partial charge in [0.05, 0.1) is 12.0 Å². The van der Waals surface area contributed by atoms with E-state index in [9.17, 15) is 14.7 Å². The molecule has 4 atom stereocenters. The van der Waals surface area contributed by atoms with Gasteiger partial charge in [0.1, 0.15) is 13.2 Å². The van der Waals surface area contributed by atoms with Crippen LogP contribution in [-0.4, -0.2) is 30.2 Å². The van der Waals surface area contributed by atoms with Crippen LogP contribution < -0.4 is 14.8 Å². The summed E-state index contributed by atoms with van der Waals surface area (Å²) >= 11 is 0. The van der Waals surface area contributed by atoms with Crippen LogP contribution in [0.2, 0.25) is 0 Å². The lowest BCUT2D eigenvalue weighted by molar-refractivity contribution is -0.142. The summed E-state index contributed by atoms with van der Waals surface area (Å²) in [7, 11) is 0. The van der Waals surface area contributed by atoms with Crippen molar-refractivity contribution in [3.05, 3.63) is 59.7 Å². The molecule has 1 saturated carbocycles. The van der Waals surface area contributed by atoms with E-state index >= 15 is 0 Å². The summed E-state index contributed by atoms with van der Waals surface area (Å²) in [5.74, 6) is -0.359. The van der Waals surface area contributed by atoms with Crippen LogP contribution in [0.15, 0.2) is 48.5 Å². The Labute approximate surface area is 163 Å². The number of fused-ring (bicyclic) bond motifs is 1. The molecule has 1 fully saturated rings. The molecule has 2 aromatic rings. The molecule has 4 unspecified atom stereocenters. The summed E-state index contributed by atoms with van der Waals surface area (Å²) in [6.45, 7) is 2.69. The molecule has 28 heavy (non-hydrogen) atoms. The first-order valence-corrected chi connectivity index (χ1v) is 9.52. The maximum absolute atomic E-state index is 12.8. The minimum atomic E-state index is -0.937. The molecule has 0 bridgehead atoms. The fraction of sp³-hybridized carbons (Fsp3) is 0.364. The molecular weight excluding hydrogens is 358 g/mol. The van der Waals surface area contributed by atoms with E-state index in [1.807, 2.05) is 48.5 Å². The molecule has 6 heteroatoms. The van der Waals surface area contributed by atoms with Crippen molar-refractivity contribution in [3.63, 3.8) is 0 Å². The standard InChI is InChI=1S/C22H23NO5/c1-13(22(25)26)20(14-5-3-2-4-6-14)23-21(24)17-12-16(17)15-7-8-18-19(11-15)28-10-9-27-18/h2-8,11,13,16-17,20H,9-10,12H2,1H3,(H,23,24)(H,25,26). The quantitative estimate of drug-likeness (QED) is 0.803. The van der Waals surface area contributed by atoms with Crippen molar-refractivity contribution in [2.45, 2.75) is 25.3 Å². The third kappa shape index (κ3) is 3.67. The maximum Gasteiger partial charge on any atom is 0.308 e. The number of carbonyl (C=O) groups excluding carboxylic acids is 1. The van der Waals surface area contributed by atoms with Crippen molar-refractivity contribution < 1.29 is 24.2 Å². The second kappa shape index (κ2) is 7.54. The molecule has 0 aromatic heterocycles. The van der Waals surface area contributed by atoms with Crippen molar-refractivity contribution >= 4 is 11.9 Å². The van der Waals surface area contributed by atoms with E-state index in [0.29, 0.717) is 13.2 Å². The minimum absolute atomic E-state index is 0.109. The van der Waals surface area contributed by atoms with Gasteiger partial charge < -0.3 is 19.9 Å². The zero-order valence-corrected chi connectivity index (χ0v) is 15.6. The Morgan fingerprint density at radius 3 is 2.50 bits per heavy atom. The van der Waals surface area contributed by atoms with Crippen LogP contribution in [0.1, 0.15) is 36.4 Å². The van der Waals surface area contributed by atoms with Crippen molar-refractivity contribution in [3.8, 4) is 11.5 Å². The highest BCUT2D eigenvalue weighted by Crippen LogP contribution is 2.49. The molecule has 0 radical (unpaired) electrons. The average Bonchev–Trinajstić information content (AvgIpc) is 3.52. The van der Waals surface area contributed by atoms with Crippen LogP contribution in [0.4, 0.5) is 0 Å². The maximum atomic E-state index is 12.8. The molecule has 1 heterocycles. The van der Waals surface area contributed by atoms with E-state index in [4.69, 9.17) is 9.47 Å². The normalized spacial score (nSPS) is 22.0. The molecule has 1 aliphatic heterocycles. The smallest absolute Gasteiger partial charge is 0.308 e. The van der Waals surface area contributed by atoms with Crippen LogP contribution >= 0.6 is 0 Å². The van der Waals surface area contributed by atoms with Crippen LogP contribution in [0.25, 0.3) is 0 Å². The number of carboxylic acid groups (broad SMARTS) is 1. The highest BCUT2D eigenvalue weighted by atomic mass is 16.6. The van der Waals surface area contributed by atoms with Crippen molar-refractivity contribution in [2.75, 3.05) is 13.2 Å². The monoisotopic (exact) mass is 381 g/mol. The van der Waals surface area contributed by atoms with E-state index in [1.54, 1.807) is 6.92 Å². The summed E-state index contributed by atoms with van der Waals surface area (Å²) in [5.41, 5.74) is 1.84. The van der Waals surface area contributed by atoms with Gasteiger partial charge in [-0.1, -0.05) is 36.4 Å². The zero-order chi connectivity index (χ0) is 19.7. The Balaban J connectivity index is 1.46. The largest absolute Gasteiger partial charge is 0.486 e. The second-order valence-electron chi connectivity index (χ2n) is 7.38. The van der Waals surface area contributed by atoms with Crippen molar-refractivity contribution in [1.82, 2.24) is 5.32 Å². The molecule has 2 aliphatic rings. The fourth-order valence-electron chi connectivity index (χ4n) is 3.70. The lowest BCUT2D eigenvalue weighted by atomic mass is 9.94. The molecule has 146 valence electrons. The third-order valence-electron chi connectivity index (χ3n) is 5.47. The van der Waals surface area contributed by atoms with Crippen LogP contribution in [0, 0.1) is 11.8 Å². The zero-order valence-electron chi connectivity index (χ0n) is 15.6. The van der Waals surface area contributed by atoms with Gasteiger partial charge in [-0.05, 0) is 42.5 Å². The van der Waals surface area contributed by atoms with E-state index in [1.165, 1.54) is 0 Å². The van der Waals surface area contributed by atoms with Crippen molar-refractivity contribution in [1.29, 1.82) is 0 Å². The van der Waals surface area contributed by atoms with Gasteiger partial charge in [0, 0.05) is 5.92 Å². The number of benzene rings is 2. The Bertz CT molecular complexity index is 882. The number of carboxylic acids is 1. The first kappa shape index (κ1) is 18.3. The number of nitrogens with one attached hydrogen (secondary N) is 1. The Morgan fingerprint density at radius 1 is 1.07 bits per heavy atom. The van der Waals surface area contributed by atoms with Crippen molar-refractivity contribution in [2.24, 2.45) is 11.8 Å². The lowest BCUT2D eigenvalue weighted by Gasteiger charge is -2.23. The van der Waals surface area contributed by atoms with Gasteiger partial charge in [-0.15, -0.1) is 0 Å². The van der Waals surface area contributed by atoms with Crippen LogP contribution in [0.5, 0.6) is 11.5 Å². The second-order valence-corrected chi connectivity index (χ2v) is 7.38. The first-order valence-electron chi connectivity index (χ1n) is 9.52. The molecule has 2 N–H and O–H groups in total. The van der Waals surface area contributed by atoms with Crippen LogP contribution in [-0.2, 0) is 9.59 Å². The minimum Gasteiger partial charge on any atom is -0.486 e. The summed E-state index contributed by atoms with van der Waals surface area (Å²) in [5, 5.41) is 12.4. The SMILES string of the molecule is CC(C(=O)O)C(NC(=O)C1CC1c1ccc2c(c1)OCCO2)c1ccccc1. The molecule has 6 nitrogen and oxygen atoms in total. The molecule has 1 amide bonds. The van der Waals surface area contributed by atoms with E-state index in [-0.39, 0.29) is 17.7 Å². The summed E-state index contributed by atoms with van der Waals surface area (Å²) in [6.07, 6.45) is 0.744. The number of aliphatic carboxylic acids is 1. The average molecular weight is 381 g/mol. The van der Waals surface area contributed by atoms with E-state index in [0.717, 1.165) is 29.0 Å². The van der Waals surface area contributed by atoms with Gasteiger partial charge in [-0.2, -0.15) is 0 Å². The summed E-state index contributed by atoms with van der Waals surface area (Å²) in [6, 6.07) is 14.5. The Kier molecular flexibility index (Phi) is 4.94. The van der Waals surface area contributed by atoms with Gasteiger partial charge in [-0.3, -0.25) is 9.59 Å².